The highest BCUT2D eigenvalue weighted by atomic mass is 32.2. The minimum absolute atomic E-state index is 0.132. The van der Waals surface area contributed by atoms with Crippen molar-refractivity contribution in [1.29, 1.82) is 0 Å². The lowest BCUT2D eigenvalue weighted by Crippen LogP contribution is -2.17. The predicted octanol–water partition coefficient (Wildman–Crippen LogP) is 12.6. The average molecular weight is 809 g/mol. The van der Waals surface area contributed by atoms with Crippen molar-refractivity contribution in [3.8, 4) is 23.0 Å². The topological polar surface area (TPSA) is 58.9 Å². The Hall–Kier alpha value is -3.22. The van der Waals surface area contributed by atoms with E-state index in [0.29, 0.717) is 50.4 Å². The Kier molecular flexibility index (Phi) is 12.8. The standard InChI is InChI=1S/C51H68O4S2/c1-48(2,3)40-24-32-20-36-28-42(50(7,8)9)30-38-22-34-26-41(49(4,5)6)27-35(45(34)53)23-39-31-43(51(10,11)12)29-37(21-33(25-40)44(32)52)47(39)55-15-19-57-17-13-16-56-18-14-54-46(36)38/h24-31,52-53H,13-23H2,1-12H3. The Morgan fingerprint density at radius 2 is 0.632 bits per heavy atom. The van der Waals surface area contributed by atoms with Crippen LogP contribution >= 0.6 is 23.5 Å². The second kappa shape index (κ2) is 16.8. The lowest BCUT2D eigenvalue weighted by atomic mass is 9.79. The van der Waals surface area contributed by atoms with Gasteiger partial charge in [-0.3, -0.25) is 0 Å². The van der Waals surface area contributed by atoms with Crippen molar-refractivity contribution in [1.82, 2.24) is 0 Å². The highest BCUT2D eigenvalue weighted by Gasteiger charge is 2.28. The molecule has 0 amide bonds. The van der Waals surface area contributed by atoms with Crippen molar-refractivity contribution in [3.05, 3.63) is 115 Å². The average Bonchev–Trinajstić information content (AvgIpc) is 3.09. The maximum absolute atomic E-state index is 12.4. The summed E-state index contributed by atoms with van der Waals surface area (Å²) >= 11 is 3.89. The van der Waals surface area contributed by atoms with Gasteiger partial charge in [-0.1, -0.05) is 132 Å². The molecule has 0 unspecified atom stereocenters. The van der Waals surface area contributed by atoms with E-state index < -0.39 is 0 Å². The van der Waals surface area contributed by atoms with Crippen LogP contribution in [0, 0.1) is 0 Å². The number of fused-ring (bicyclic) bond motifs is 2. The van der Waals surface area contributed by atoms with Gasteiger partial charge in [0.05, 0.1) is 13.2 Å². The van der Waals surface area contributed by atoms with Crippen LogP contribution < -0.4 is 9.47 Å². The van der Waals surface area contributed by atoms with E-state index in [4.69, 9.17) is 9.47 Å². The fourth-order valence-electron chi connectivity index (χ4n) is 7.89. The molecule has 6 rings (SSSR count). The number of phenolic OH excluding ortho intramolecular Hbond substituents is 2. The van der Waals surface area contributed by atoms with Gasteiger partial charge in [-0.2, -0.15) is 23.5 Å². The van der Waals surface area contributed by atoms with E-state index in [1.807, 2.05) is 23.5 Å². The summed E-state index contributed by atoms with van der Waals surface area (Å²) in [5, 5.41) is 24.9. The molecule has 1 aliphatic heterocycles. The molecule has 57 heavy (non-hydrogen) atoms. The minimum atomic E-state index is -0.138. The van der Waals surface area contributed by atoms with Crippen LogP contribution in [0.2, 0.25) is 0 Å². The van der Waals surface area contributed by atoms with Crippen LogP contribution in [0.1, 0.15) is 156 Å². The number of ether oxygens (including phenoxy) is 2. The van der Waals surface area contributed by atoms with E-state index >= 15 is 0 Å². The van der Waals surface area contributed by atoms with E-state index in [1.54, 1.807) is 0 Å². The zero-order valence-corrected chi connectivity index (χ0v) is 38.6. The summed E-state index contributed by atoms with van der Waals surface area (Å²) in [5.41, 5.74) is 12.2. The highest BCUT2D eigenvalue weighted by Crippen LogP contribution is 2.44. The molecular weight excluding hydrogens is 741 g/mol. The van der Waals surface area contributed by atoms with Crippen LogP contribution in [0.5, 0.6) is 23.0 Å². The van der Waals surface area contributed by atoms with E-state index in [0.717, 1.165) is 85.4 Å². The smallest absolute Gasteiger partial charge is 0.126 e. The van der Waals surface area contributed by atoms with Crippen molar-refractivity contribution in [2.45, 2.75) is 137 Å². The van der Waals surface area contributed by atoms with E-state index in [9.17, 15) is 10.2 Å². The summed E-state index contributed by atoms with van der Waals surface area (Å²) in [5.74, 6) is 6.41. The van der Waals surface area contributed by atoms with Gasteiger partial charge in [0.15, 0.2) is 0 Å². The molecule has 0 fully saturated rings. The Morgan fingerprint density at radius 1 is 0.386 bits per heavy atom. The molecule has 0 aromatic heterocycles. The van der Waals surface area contributed by atoms with Crippen LogP contribution in [0.15, 0.2) is 48.5 Å². The third-order valence-electron chi connectivity index (χ3n) is 11.5. The molecule has 2 aliphatic rings. The molecule has 1 heterocycles. The maximum atomic E-state index is 12.4. The van der Waals surface area contributed by atoms with Gasteiger partial charge in [0.1, 0.15) is 23.0 Å². The van der Waals surface area contributed by atoms with Crippen molar-refractivity contribution >= 4 is 23.5 Å². The number of benzene rings is 4. The molecule has 0 atom stereocenters. The molecule has 0 saturated carbocycles. The molecule has 1 aliphatic carbocycles. The first-order valence-corrected chi connectivity index (χ1v) is 23.3. The van der Waals surface area contributed by atoms with Crippen LogP contribution in [0.25, 0.3) is 0 Å². The predicted molar refractivity (Wildman–Crippen MR) is 245 cm³/mol. The molecular formula is C51H68O4S2. The molecule has 0 spiro atoms. The van der Waals surface area contributed by atoms with Gasteiger partial charge in [-0.25, -0.2) is 0 Å². The fraction of sp³-hybridized carbons (Fsp3) is 0.529. The Bertz CT molecular complexity index is 1840. The Morgan fingerprint density at radius 3 is 0.877 bits per heavy atom. The lowest BCUT2D eigenvalue weighted by molar-refractivity contribution is 0.336. The number of aromatic hydroxyl groups is 2. The molecule has 308 valence electrons. The quantitative estimate of drug-likeness (QED) is 0.162. The van der Waals surface area contributed by atoms with E-state index in [-0.39, 0.29) is 21.7 Å². The number of rotatable bonds is 0. The minimum Gasteiger partial charge on any atom is -0.507 e. The summed E-state index contributed by atoms with van der Waals surface area (Å²) in [6.45, 7) is 28.3. The van der Waals surface area contributed by atoms with Crippen LogP contribution in [-0.4, -0.2) is 46.4 Å². The van der Waals surface area contributed by atoms with Gasteiger partial charge < -0.3 is 19.7 Å². The normalized spacial score (nSPS) is 16.3. The zero-order valence-electron chi connectivity index (χ0n) is 36.9. The summed E-state index contributed by atoms with van der Waals surface area (Å²) in [4.78, 5) is 0. The summed E-state index contributed by atoms with van der Waals surface area (Å²) in [6, 6.07) is 18.1. The second-order valence-electron chi connectivity index (χ2n) is 20.5. The van der Waals surface area contributed by atoms with Gasteiger partial charge >= 0.3 is 0 Å². The summed E-state index contributed by atoms with van der Waals surface area (Å²) < 4.78 is 13.9. The molecule has 4 aromatic carbocycles. The van der Waals surface area contributed by atoms with Crippen molar-refractivity contribution in [3.63, 3.8) is 0 Å². The molecule has 10 bridgehead atoms. The highest BCUT2D eigenvalue weighted by molar-refractivity contribution is 8.00. The monoisotopic (exact) mass is 808 g/mol. The Balaban J connectivity index is 1.74. The summed E-state index contributed by atoms with van der Waals surface area (Å²) in [7, 11) is 0. The van der Waals surface area contributed by atoms with Crippen molar-refractivity contribution in [2.75, 3.05) is 36.2 Å². The molecule has 0 saturated heterocycles. The van der Waals surface area contributed by atoms with Gasteiger partial charge in [-0.05, 0) is 106 Å². The second-order valence-corrected chi connectivity index (χ2v) is 23.0. The van der Waals surface area contributed by atoms with Gasteiger partial charge in [0.25, 0.3) is 0 Å². The third-order valence-corrected chi connectivity index (χ3v) is 13.6. The number of thioether (sulfide) groups is 2. The molecule has 4 nitrogen and oxygen atoms in total. The molecule has 6 heteroatoms. The number of phenols is 2. The van der Waals surface area contributed by atoms with Gasteiger partial charge in [-0.15, -0.1) is 0 Å². The lowest BCUT2D eigenvalue weighted by Gasteiger charge is -2.28. The largest absolute Gasteiger partial charge is 0.507 e. The van der Waals surface area contributed by atoms with Gasteiger partial charge in [0.2, 0.25) is 0 Å². The van der Waals surface area contributed by atoms with E-state index in [1.165, 1.54) is 22.3 Å². The first-order chi connectivity index (χ1) is 26.6. The Labute approximate surface area is 353 Å². The number of hydrogen-bond acceptors (Lipinski definition) is 6. The van der Waals surface area contributed by atoms with E-state index in [2.05, 4.69) is 132 Å². The van der Waals surface area contributed by atoms with Gasteiger partial charge in [0, 0.05) is 37.2 Å². The summed E-state index contributed by atoms with van der Waals surface area (Å²) in [6.07, 6.45) is 3.24. The van der Waals surface area contributed by atoms with Crippen LogP contribution in [0.4, 0.5) is 0 Å². The van der Waals surface area contributed by atoms with Crippen LogP contribution in [0.3, 0.4) is 0 Å². The van der Waals surface area contributed by atoms with Crippen LogP contribution in [-0.2, 0) is 47.3 Å². The molecule has 2 N–H and O–H groups in total. The number of hydrogen-bond donors (Lipinski definition) is 2. The van der Waals surface area contributed by atoms with Crippen molar-refractivity contribution in [2.24, 2.45) is 0 Å². The SMILES string of the molecule is CC(C)(C)c1cc2c(O)c(c1)Cc1cc(C(C)(C)C)cc3c1OCCSCCCSCCOc1c(cc(C(C)(C)C)cc1Cc1cc(C(C)(C)C)cc(c1O)C3)C2. The molecule has 4 aromatic rings. The first-order valence-electron chi connectivity index (χ1n) is 21.0. The molecule has 0 radical (unpaired) electrons. The zero-order chi connectivity index (χ0) is 41.5. The maximum Gasteiger partial charge on any atom is 0.126 e. The third kappa shape index (κ3) is 10.3. The van der Waals surface area contributed by atoms with Crippen molar-refractivity contribution < 1.29 is 19.7 Å². The first kappa shape index (κ1) is 43.4. The fourth-order valence-corrected chi connectivity index (χ4v) is 9.58.